The number of carbonyl (C=O) groups is 2. The number of aliphatic hydroxyl groups excluding tert-OH is 1. The van der Waals surface area contributed by atoms with Gasteiger partial charge in [-0.1, -0.05) is 32.1 Å². The molecule has 2 fully saturated rings. The van der Waals surface area contributed by atoms with Gasteiger partial charge in [-0.15, -0.1) is 0 Å². The van der Waals surface area contributed by atoms with Crippen molar-refractivity contribution in [2.24, 2.45) is 11.8 Å². The number of likely N-dealkylation sites (tertiary alicyclic amines) is 2. The van der Waals surface area contributed by atoms with Gasteiger partial charge in [-0.3, -0.25) is 14.7 Å². The van der Waals surface area contributed by atoms with Gasteiger partial charge in [-0.05, 0) is 108 Å². The summed E-state index contributed by atoms with van der Waals surface area (Å²) in [6.45, 7) is 13.0. The summed E-state index contributed by atoms with van der Waals surface area (Å²) in [4.78, 5) is 34.9. The highest BCUT2D eigenvalue weighted by atomic mass is 16.6. The average molecular weight is 626 g/mol. The molecule has 1 aromatic rings. The normalized spacial score (nSPS) is 32.2. The van der Waals surface area contributed by atoms with Crippen LogP contribution in [0.15, 0.2) is 48.2 Å². The van der Waals surface area contributed by atoms with E-state index in [4.69, 9.17) is 9.47 Å². The number of allylic oxidation sites excluding steroid dienone is 1. The van der Waals surface area contributed by atoms with Crippen LogP contribution >= 0.6 is 0 Å². The maximum absolute atomic E-state index is 13.4. The molecule has 1 amide bonds. The van der Waals surface area contributed by atoms with E-state index in [-0.39, 0.29) is 25.2 Å². The Kier molecular flexibility index (Phi) is 12.6. The summed E-state index contributed by atoms with van der Waals surface area (Å²) in [7, 11) is 0. The van der Waals surface area contributed by atoms with Crippen molar-refractivity contribution in [1.82, 2.24) is 14.8 Å². The molecular formula is C36H55N3O6. The molecule has 4 heterocycles. The number of carbonyl (C=O) groups excluding carboxylic acids is 2. The zero-order valence-electron chi connectivity index (χ0n) is 27.9. The number of rotatable bonds is 6. The molecule has 2 N–H and O–H groups in total. The second kappa shape index (κ2) is 16.2. The van der Waals surface area contributed by atoms with Crippen molar-refractivity contribution in [3.05, 3.63) is 53.9 Å². The minimum atomic E-state index is -1.42. The fourth-order valence-electron chi connectivity index (χ4n) is 7.12. The van der Waals surface area contributed by atoms with Crippen molar-refractivity contribution in [2.45, 2.75) is 122 Å². The number of nitrogens with zero attached hydrogens (tertiary/aromatic N) is 3. The van der Waals surface area contributed by atoms with Gasteiger partial charge in [0.15, 0.2) is 6.10 Å². The largest absolute Gasteiger partial charge is 0.457 e. The maximum atomic E-state index is 13.4. The van der Waals surface area contributed by atoms with E-state index in [1.54, 1.807) is 17.9 Å². The van der Waals surface area contributed by atoms with Crippen molar-refractivity contribution in [1.29, 1.82) is 0 Å². The van der Waals surface area contributed by atoms with Crippen LogP contribution in [0.25, 0.3) is 0 Å². The van der Waals surface area contributed by atoms with E-state index >= 15 is 0 Å². The summed E-state index contributed by atoms with van der Waals surface area (Å²) in [5.74, 6) is 0.387. The first-order valence-electron chi connectivity index (χ1n) is 17.0. The summed E-state index contributed by atoms with van der Waals surface area (Å²) in [5.41, 5.74) is 0.630. The quantitative estimate of drug-likeness (QED) is 0.309. The number of cyclic esters (lactones) is 1. The molecule has 7 unspecified atom stereocenters. The van der Waals surface area contributed by atoms with E-state index in [9.17, 15) is 19.8 Å². The maximum Gasteiger partial charge on any atom is 0.410 e. The van der Waals surface area contributed by atoms with Crippen molar-refractivity contribution in [3.63, 3.8) is 0 Å². The second-order valence-electron chi connectivity index (χ2n) is 13.9. The Hall–Kier alpha value is -2.75. The fraction of sp³-hybridized carbons (Fsp3) is 0.694. The Bertz CT molecular complexity index is 1160. The minimum absolute atomic E-state index is 0.152. The fourth-order valence-corrected chi connectivity index (χ4v) is 7.12. The number of amides is 1. The molecule has 3 aliphatic rings. The number of pyridine rings is 1. The molecule has 9 nitrogen and oxygen atoms in total. The number of aromatic nitrogens is 1. The molecule has 45 heavy (non-hydrogen) atoms. The van der Waals surface area contributed by atoms with Crippen LogP contribution in [-0.4, -0.2) is 93.2 Å². The lowest BCUT2D eigenvalue weighted by molar-refractivity contribution is -0.151. The van der Waals surface area contributed by atoms with Crippen LogP contribution in [0.3, 0.4) is 0 Å². The first-order chi connectivity index (χ1) is 21.5. The summed E-state index contributed by atoms with van der Waals surface area (Å²) in [6.07, 6.45) is 10.1. The van der Waals surface area contributed by atoms with Gasteiger partial charge in [-0.2, -0.15) is 0 Å². The van der Waals surface area contributed by atoms with Crippen molar-refractivity contribution in [2.75, 3.05) is 26.2 Å². The molecule has 0 aromatic carbocycles. The van der Waals surface area contributed by atoms with Crippen LogP contribution in [0.1, 0.15) is 97.6 Å². The van der Waals surface area contributed by atoms with Gasteiger partial charge in [0.2, 0.25) is 0 Å². The third-order valence-corrected chi connectivity index (χ3v) is 10.1. The number of ether oxygens (including phenoxy) is 2. The van der Waals surface area contributed by atoms with Crippen LogP contribution in [0.4, 0.5) is 4.79 Å². The smallest absolute Gasteiger partial charge is 0.410 e. The van der Waals surface area contributed by atoms with E-state index in [1.807, 2.05) is 45.2 Å². The zero-order chi connectivity index (χ0) is 32.6. The lowest BCUT2D eigenvalue weighted by Gasteiger charge is -2.43. The highest BCUT2D eigenvalue weighted by molar-refractivity contribution is 5.70. The Morgan fingerprint density at radius 3 is 2.64 bits per heavy atom. The van der Waals surface area contributed by atoms with Gasteiger partial charge in [0.25, 0.3) is 0 Å². The Balaban J connectivity index is 1.35. The minimum Gasteiger partial charge on any atom is -0.457 e. The Labute approximate surface area is 269 Å². The number of hydrogen-bond donors (Lipinski definition) is 2. The summed E-state index contributed by atoms with van der Waals surface area (Å²) in [6, 6.07) is 6.60. The van der Waals surface area contributed by atoms with Crippen LogP contribution < -0.4 is 0 Å². The number of esters is 1. The van der Waals surface area contributed by atoms with E-state index in [2.05, 4.69) is 28.9 Å². The standard InChI is InChI=1S/C36H55N3O6/c1-6-25(2)34-26(3)12-13-32(36(5,43)17-14-30(40)23-33(41)45-34)44-35(42)38-20-15-29(16-21-38)39-19-9-10-28(24-39)22-27(4)31-11-7-8-18-37-31/h6-8,11-13,18,26-30,32,34,40,43H,9-10,14-17,19-24H2,1-5H3. The third-order valence-electron chi connectivity index (χ3n) is 10.1. The molecule has 0 bridgehead atoms. The lowest BCUT2D eigenvalue weighted by atomic mass is 9.86. The monoisotopic (exact) mass is 625 g/mol. The van der Waals surface area contributed by atoms with E-state index in [0.717, 1.165) is 37.9 Å². The first kappa shape index (κ1) is 35.1. The van der Waals surface area contributed by atoms with Gasteiger partial charge in [0.1, 0.15) is 11.7 Å². The lowest BCUT2D eigenvalue weighted by Crippen LogP contribution is -2.51. The predicted octanol–water partition coefficient (Wildman–Crippen LogP) is 5.62. The van der Waals surface area contributed by atoms with Gasteiger partial charge < -0.3 is 24.6 Å². The van der Waals surface area contributed by atoms with Crippen LogP contribution in [-0.2, 0) is 14.3 Å². The average Bonchev–Trinajstić information content (AvgIpc) is 3.04. The van der Waals surface area contributed by atoms with Crippen LogP contribution in [0.5, 0.6) is 0 Å². The molecule has 250 valence electrons. The Morgan fingerprint density at radius 1 is 1.20 bits per heavy atom. The van der Waals surface area contributed by atoms with E-state index < -0.39 is 36.0 Å². The molecule has 7 atom stereocenters. The topological polar surface area (TPSA) is 112 Å². The van der Waals surface area contributed by atoms with Crippen LogP contribution in [0, 0.1) is 11.8 Å². The first-order valence-corrected chi connectivity index (χ1v) is 17.0. The molecule has 4 rings (SSSR count). The molecule has 9 heteroatoms. The Morgan fingerprint density at radius 2 is 1.96 bits per heavy atom. The van der Waals surface area contributed by atoms with E-state index in [0.29, 0.717) is 31.0 Å². The van der Waals surface area contributed by atoms with Gasteiger partial charge in [0, 0.05) is 43.5 Å². The summed E-state index contributed by atoms with van der Waals surface area (Å²) in [5, 5.41) is 21.9. The van der Waals surface area contributed by atoms with Crippen molar-refractivity contribution >= 4 is 12.1 Å². The van der Waals surface area contributed by atoms with Crippen molar-refractivity contribution < 1.29 is 29.3 Å². The van der Waals surface area contributed by atoms with Crippen molar-refractivity contribution in [3.8, 4) is 0 Å². The molecule has 2 saturated heterocycles. The highest BCUT2D eigenvalue weighted by Crippen LogP contribution is 2.31. The summed E-state index contributed by atoms with van der Waals surface area (Å²) >= 11 is 0. The molecule has 0 radical (unpaired) electrons. The predicted molar refractivity (Wildman–Crippen MR) is 175 cm³/mol. The van der Waals surface area contributed by atoms with Gasteiger partial charge in [0.05, 0.1) is 12.5 Å². The molecule has 0 saturated carbocycles. The SMILES string of the molecule is CC=C(C)C1OC(=O)CC(O)CCC(C)(O)C(OC(=O)N2CCC(N3CCCC(CC(C)c4ccccn4)C3)CC2)C=CC1C. The van der Waals surface area contributed by atoms with Gasteiger partial charge >= 0.3 is 12.1 Å². The van der Waals surface area contributed by atoms with Crippen LogP contribution in [0.2, 0.25) is 0 Å². The van der Waals surface area contributed by atoms with Gasteiger partial charge in [-0.25, -0.2) is 4.79 Å². The second-order valence-corrected chi connectivity index (χ2v) is 13.9. The van der Waals surface area contributed by atoms with E-state index in [1.165, 1.54) is 18.5 Å². The molecule has 0 aliphatic carbocycles. The third kappa shape index (κ3) is 9.87. The number of piperidine rings is 2. The zero-order valence-corrected chi connectivity index (χ0v) is 27.9. The number of aliphatic hydroxyl groups is 2. The molecule has 1 aromatic heterocycles. The molecular weight excluding hydrogens is 570 g/mol. The summed E-state index contributed by atoms with van der Waals surface area (Å²) < 4.78 is 11.7. The molecule has 0 spiro atoms. The highest BCUT2D eigenvalue weighted by Gasteiger charge is 2.38. The molecule has 3 aliphatic heterocycles. The number of hydrogen-bond acceptors (Lipinski definition) is 8.